The van der Waals surface area contributed by atoms with E-state index in [-0.39, 0.29) is 25.0 Å². The second-order valence-electron chi connectivity index (χ2n) is 8.95. The minimum atomic E-state index is -0.438. The highest BCUT2D eigenvalue weighted by Gasteiger charge is 2.18. The zero-order valence-corrected chi connectivity index (χ0v) is 21.5. The summed E-state index contributed by atoms with van der Waals surface area (Å²) >= 11 is 0. The Labute approximate surface area is 215 Å². The molecule has 192 valence electrons. The van der Waals surface area contributed by atoms with Gasteiger partial charge in [-0.15, -0.1) is 0 Å². The SMILES string of the molecule is CC[C@H](C)NC(=O)c1ccc(Cn2c(=O)c3cc(OC)c(OC)cc3n(Cc3ccccc3)c2=O)cc1. The maximum atomic E-state index is 13.7. The molecular formula is C29H31N3O5. The minimum Gasteiger partial charge on any atom is -0.493 e. The lowest BCUT2D eigenvalue weighted by atomic mass is 10.1. The molecule has 1 atom stereocenters. The van der Waals surface area contributed by atoms with E-state index in [1.54, 1.807) is 41.0 Å². The van der Waals surface area contributed by atoms with Crippen LogP contribution in [0, 0.1) is 0 Å². The predicted octanol–water partition coefficient (Wildman–Crippen LogP) is 3.81. The number of carbonyl (C=O) groups is 1. The number of rotatable bonds is 9. The number of aromatic nitrogens is 2. The summed E-state index contributed by atoms with van der Waals surface area (Å²) in [6.45, 7) is 4.29. The van der Waals surface area contributed by atoms with Gasteiger partial charge in [-0.05, 0) is 42.7 Å². The number of fused-ring (bicyclic) bond motifs is 1. The first-order valence-corrected chi connectivity index (χ1v) is 12.2. The minimum absolute atomic E-state index is 0.0595. The molecule has 0 aliphatic heterocycles. The summed E-state index contributed by atoms with van der Waals surface area (Å²) in [5, 5.41) is 3.28. The highest BCUT2D eigenvalue weighted by Crippen LogP contribution is 2.30. The van der Waals surface area contributed by atoms with Crippen LogP contribution in [0.2, 0.25) is 0 Å². The standard InChI is InChI=1S/C29H31N3O5/c1-5-19(2)30-27(33)22-13-11-21(12-14-22)18-32-28(34)23-15-25(36-3)26(37-4)16-24(23)31(29(32)35)17-20-9-7-6-8-10-20/h6-16,19H,5,17-18H2,1-4H3,(H,30,33)/t19-/m0/s1. The number of nitrogens with one attached hydrogen (secondary N) is 1. The molecule has 0 fully saturated rings. The van der Waals surface area contributed by atoms with Gasteiger partial charge in [0, 0.05) is 17.7 Å². The molecule has 0 aliphatic rings. The number of amides is 1. The molecule has 0 saturated carbocycles. The Kier molecular flexibility index (Phi) is 7.77. The van der Waals surface area contributed by atoms with Crippen LogP contribution in [-0.4, -0.2) is 35.3 Å². The molecule has 0 unspecified atom stereocenters. The molecule has 1 heterocycles. The fourth-order valence-electron chi connectivity index (χ4n) is 4.16. The quantitative estimate of drug-likeness (QED) is 0.377. The van der Waals surface area contributed by atoms with Gasteiger partial charge in [0.15, 0.2) is 11.5 Å². The van der Waals surface area contributed by atoms with Crippen LogP contribution in [0.3, 0.4) is 0 Å². The van der Waals surface area contributed by atoms with E-state index in [0.29, 0.717) is 28.0 Å². The van der Waals surface area contributed by atoms with Crippen LogP contribution in [-0.2, 0) is 13.1 Å². The van der Waals surface area contributed by atoms with Crippen LogP contribution >= 0.6 is 0 Å². The summed E-state index contributed by atoms with van der Waals surface area (Å²) in [5.41, 5.74) is 1.77. The zero-order valence-electron chi connectivity index (χ0n) is 21.5. The van der Waals surface area contributed by atoms with Gasteiger partial charge in [0.2, 0.25) is 0 Å². The van der Waals surface area contributed by atoms with E-state index in [0.717, 1.165) is 17.5 Å². The van der Waals surface area contributed by atoms with Crippen LogP contribution in [0.4, 0.5) is 0 Å². The Bertz CT molecular complexity index is 1520. The van der Waals surface area contributed by atoms with Crippen molar-refractivity contribution in [1.29, 1.82) is 0 Å². The predicted molar refractivity (Wildman–Crippen MR) is 144 cm³/mol. The molecule has 1 aromatic heterocycles. The molecule has 4 aromatic rings. The van der Waals surface area contributed by atoms with Gasteiger partial charge in [-0.2, -0.15) is 0 Å². The largest absolute Gasteiger partial charge is 0.493 e. The third-order valence-electron chi connectivity index (χ3n) is 6.46. The highest BCUT2D eigenvalue weighted by molar-refractivity contribution is 5.94. The van der Waals surface area contributed by atoms with Crippen LogP contribution in [0.15, 0.2) is 76.3 Å². The van der Waals surface area contributed by atoms with Gasteiger partial charge in [-0.25, -0.2) is 4.79 Å². The maximum absolute atomic E-state index is 13.7. The van der Waals surface area contributed by atoms with Crippen molar-refractivity contribution in [2.75, 3.05) is 14.2 Å². The summed E-state index contributed by atoms with van der Waals surface area (Å²) in [5.74, 6) is 0.676. The van der Waals surface area contributed by atoms with Crippen LogP contribution in [0.25, 0.3) is 10.9 Å². The summed E-state index contributed by atoms with van der Waals surface area (Å²) in [7, 11) is 3.01. The van der Waals surface area contributed by atoms with Crippen LogP contribution in [0.5, 0.6) is 11.5 Å². The van der Waals surface area contributed by atoms with Gasteiger partial charge >= 0.3 is 5.69 Å². The van der Waals surface area contributed by atoms with E-state index in [1.807, 2.05) is 44.2 Å². The maximum Gasteiger partial charge on any atom is 0.332 e. The fourth-order valence-corrected chi connectivity index (χ4v) is 4.16. The second-order valence-corrected chi connectivity index (χ2v) is 8.95. The Morgan fingerprint density at radius 2 is 1.46 bits per heavy atom. The van der Waals surface area contributed by atoms with E-state index < -0.39 is 11.2 Å². The number of nitrogens with zero attached hydrogens (tertiary/aromatic N) is 2. The lowest BCUT2D eigenvalue weighted by Gasteiger charge is -2.17. The smallest absolute Gasteiger partial charge is 0.332 e. The molecule has 0 saturated heterocycles. The first kappa shape index (κ1) is 25.8. The molecule has 1 amide bonds. The summed E-state index contributed by atoms with van der Waals surface area (Å²) < 4.78 is 13.6. The summed E-state index contributed by atoms with van der Waals surface area (Å²) in [6, 6.07) is 19.8. The Balaban J connectivity index is 1.80. The number of carbonyl (C=O) groups excluding carboxylic acids is 1. The van der Waals surface area contributed by atoms with Crippen molar-refractivity contribution < 1.29 is 14.3 Å². The van der Waals surface area contributed by atoms with Gasteiger partial charge in [0.05, 0.1) is 38.2 Å². The van der Waals surface area contributed by atoms with E-state index >= 15 is 0 Å². The first-order valence-electron chi connectivity index (χ1n) is 12.2. The molecule has 0 bridgehead atoms. The van der Waals surface area contributed by atoms with Gasteiger partial charge < -0.3 is 14.8 Å². The summed E-state index contributed by atoms with van der Waals surface area (Å²) in [6.07, 6.45) is 0.834. The van der Waals surface area contributed by atoms with Crippen LogP contribution < -0.4 is 26.0 Å². The highest BCUT2D eigenvalue weighted by atomic mass is 16.5. The van der Waals surface area contributed by atoms with E-state index in [4.69, 9.17) is 9.47 Å². The van der Waals surface area contributed by atoms with Gasteiger partial charge in [-0.1, -0.05) is 49.4 Å². The fraction of sp³-hybridized carbons (Fsp3) is 0.276. The monoisotopic (exact) mass is 501 g/mol. The molecule has 3 aromatic carbocycles. The number of hydrogen-bond acceptors (Lipinski definition) is 5. The van der Waals surface area contributed by atoms with Crippen LogP contribution in [0.1, 0.15) is 41.8 Å². The van der Waals surface area contributed by atoms with Crippen molar-refractivity contribution in [3.8, 4) is 11.5 Å². The van der Waals surface area contributed by atoms with Crippen molar-refractivity contribution >= 4 is 16.8 Å². The Morgan fingerprint density at radius 3 is 2.08 bits per heavy atom. The van der Waals surface area contributed by atoms with E-state index in [1.165, 1.54) is 18.8 Å². The number of benzene rings is 3. The van der Waals surface area contributed by atoms with Crippen molar-refractivity contribution in [2.45, 2.75) is 39.4 Å². The molecule has 0 radical (unpaired) electrons. The molecule has 0 aliphatic carbocycles. The van der Waals surface area contributed by atoms with Crippen molar-refractivity contribution in [3.63, 3.8) is 0 Å². The normalized spacial score (nSPS) is 11.8. The van der Waals surface area contributed by atoms with Gasteiger partial charge in [0.1, 0.15) is 0 Å². The number of methoxy groups -OCH3 is 2. The summed E-state index contributed by atoms with van der Waals surface area (Å²) in [4.78, 5) is 39.7. The first-order chi connectivity index (χ1) is 17.9. The van der Waals surface area contributed by atoms with Crippen molar-refractivity contribution in [1.82, 2.24) is 14.5 Å². The number of hydrogen-bond donors (Lipinski definition) is 1. The van der Waals surface area contributed by atoms with Crippen molar-refractivity contribution in [2.24, 2.45) is 0 Å². The molecule has 8 heteroatoms. The molecular weight excluding hydrogens is 470 g/mol. The van der Waals surface area contributed by atoms with Crippen molar-refractivity contribution in [3.05, 3.63) is 104 Å². The Morgan fingerprint density at radius 1 is 0.865 bits per heavy atom. The lowest BCUT2D eigenvalue weighted by Crippen LogP contribution is -2.40. The lowest BCUT2D eigenvalue weighted by molar-refractivity contribution is 0.0939. The third-order valence-corrected chi connectivity index (χ3v) is 6.46. The van der Waals surface area contributed by atoms with Gasteiger partial charge in [0.25, 0.3) is 11.5 Å². The van der Waals surface area contributed by atoms with Gasteiger partial charge in [-0.3, -0.25) is 18.7 Å². The molecule has 4 rings (SSSR count). The Hall–Kier alpha value is -4.33. The van der Waals surface area contributed by atoms with E-state index in [9.17, 15) is 14.4 Å². The average Bonchev–Trinajstić information content (AvgIpc) is 2.93. The zero-order chi connectivity index (χ0) is 26.5. The third kappa shape index (κ3) is 5.43. The topological polar surface area (TPSA) is 91.6 Å². The molecule has 1 N–H and O–H groups in total. The second kappa shape index (κ2) is 11.2. The molecule has 37 heavy (non-hydrogen) atoms. The van der Waals surface area contributed by atoms with E-state index in [2.05, 4.69) is 5.32 Å². The average molecular weight is 502 g/mol. The number of ether oxygens (including phenoxy) is 2. The molecule has 0 spiro atoms. The molecule has 8 nitrogen and oxygen atoms in total.